The van der Waals surface area contributed by atoms with Crippen LogP contribution in [-0.4, -0.2) is 20.9 Å². The third kappa shape index (κ3) is 3.64. The summed E-state index contributed by atoms with van der Waals surface area (Å²) in [5.41, 5.74) is 4.99. The molecule has 0 spiro atoms. The van der Waals surface area contributed by atoms with Gasteiger partial charge in [0.1, 0.15) is 0 Å². The fourth-order valence-corrected chi connectivity index (χ4v) is 2.98. The number of hydrogen-bond donors (Lipinski definition) is 1. The Morgan fingerprint density at radius 1 is 1.00 bits per heavy atom. The van der Waals surface area contributed by atoms with E-state index in [4.69, 9.17) is 11.6 Å². The zero-order chi connectivity index (χ0) is 18.8. The van der Waals surface area contributed by atoms with Crippen molar-refractivity contribution in [2.45, 2.75) is 6.92 Å². The number of nitrogens with zero attached hydrogens (tertiary/aromatic N) is 3. The molecule has 0 fully saturated rings. The fraction of sp³-hybridized carbons (Fsp3) is 0.0476. The minimum absolute atomic E-state index is 0.232. The van der Waals surface area contributed by atoms with Gasteiger partial charge in [-0.2, -0.15) is 0 Å². The summed E-state index contributed by atoms with van der Waals surface area (Å²) in [4.78, 5) is 25.6. The number of carbonyl (C=O) groups is 1. The molecule has 0 saturated carbocycles. The second-order valence-electron chi connectivity index (χ2n) is 6.14. The van der Waals surface area contributed by atoms with E-state index in [1.54, 1.807) is 36.7 Å². The van der Waals surface area contributed by atoms with Gasteiger partial charge >= 0.3 is 0 Å². The molecular weight excluding hydrogens is 360 g/mol. The molecule has 27 heavy (non-hydrogen) atoms. The number of para-hydroxylation sites is 2. The van der Waals surface area contributed by atoms with Crippen molar-refractivity contribution in [3.63, 3.8) is 0 Å². The first kappa shape index (κ1) is 17.1. The van der Waals surface area contributed by atoms with E-state index >= 15 is 0 Å². The molecule has 2 aromatic carbocycles. The average Bonchev–Trinajstić information content (AvgIpc) is 2.69. The maximum absolute atomic E-state index is 12.5. The number of aryl methyl sites for hydroxylation is 1. The number of benzene rings is 2. The van der Waals surface area contributed by atoms with Gasteiger partial charge in [-0.3, -0.25) is 14.8 Å². The van der Waals surface area contributed by atoms with E-state index in [0.29, 0.717) is 27.5 Å². The molecule has 2 aromatic heterocycles. The fourth-order valence-electron chi connectivity index (χ4n) is 2.77. The van der Waals surface area contributed by atoms with Crippen LogP contribution in [0.4, 0.5) is 5.69 Å². The number of fused-ring (bicyclic) bond motifs is 1. The lowest BCUT2D eigenvalue weighted by atomic mass is 10.1. The normalized spacial score (nSPS) is 10.7. The quantitative estimate of drug-likeness (QED) is 0.553. The van der Waals surface area contributed by atoms with Crippen LogP contribution in [-0.2, 0) is 0 Å². The van der Waals surface area contributed by atoms with Gasteiger partial charge in [0.2, 0.25) is 0 Å². The molecule has 4 aromatic rings. The van der Waals surface area contributed by atoms with Crippen LogP contribution in [0.25, 0.3) is 22.3 Å². The van der Waals surface area contributed by atoms with Gasteiger partial charge in [-0.1, -0.05) is 23.7 Å². The molecule has 0 radical (unpaired) electrons. The number of nitrogens with one attached hydrogen (secondary N) is 1. The van der Waals surface area contributed by atoms with Crippen molar-refractivity contribution < 1.29 is 4.79 Å². The predicted molar refractivity (Wildman–Crippen MR) is 107 cm³/mol. The van der Waals surface area contributed by atoms with Crippen molar-refractivity contribution >= 4 is 34.2 Å². The molecular formula is C21H15ClN4O. The first-order chi connectivity index (χ1) is 13.1. The van der Waals surface area contributed by atoms with Crippen molar-refractivity contribution in [2.75, 3.05) is 5.32 Å². The van der Waals surface area contributed by atoms with E-state index in [-0.39, 0.29) is 5.91 Å². The molecule has 1 N–H and O–H groups in total. The van der Waals surface area contributed by atoms with Crippen molar-refractivity contribution in [1.29, 1.82) is 0 Å². The van der Waals surface area contributed by atoms with Gasteiger partial charge in [0, 0.05) is 23.6 Å². The smallest absolute Gasteiger partial charge is 0.257 e. The molecule has 0 unspecified atom stereocenters. The lowest BCUT2D eigenvalue weighted by Gasteiger charge is -2.10. The van der Waals surface area contributed by atoms with E-state index in [1.807, 2.05) is 31.2 Å². The number of carbonyl (C=O) groups excluding carboxylic acids is 1. The highest BCUT2D eigenvalue weighted by Gasteiger charge is 2.11. The summed E-state index contributed by atoms with van der Waals surface area (Å²) in [5.74, 6) is -0.232. The van der Waals surface area contributed by atoms with Gasteiger partial charge < -0.3 is 5.32 Å². The molecule has 4 rings (SSSR count). The molecule has 0 aliphatic heterocycles. The van der Waals surface area contributed by atoms with Gasteiger partial charge in [0.05, 0.1) is 33.5 Å². The molecule has 0 atom stereocenters. The van der Waals surface area contributed by atoms with Gasteiger partial charge in [0.25, 0.3) is 5.91 Å². The number of anilines is 1. The molecule has 0 aliphatic rings. The van der Waals surface area contributed by atoms with Gasteiger partial charge in [-0.05, 0) is 48.9 Å². The van der Waals surface area contributed by atoms with E-state index in [2.05, 4.69) is 20.3 Å². The van der Waals surface area contributed by atoms with Crippen LogP contribution < -0.4 is 5.32 Å². The second-order valence-corrected chi connectivity index (χ2v) is 6.55. The van der Waals surface area contributed by atoms with Gasteiger partial charge in [0.15, 0.2) is 0 Å². The highest BCUT2D eigenvalue weighted by Crippen LogP contribution is 2.30. The predicted octanol–water partition coefficient (Wildman–Crippen LogP) is 4.91. The van der Waals surface area contributed by atoms with Crippen molar-refractivity contribution in [2.24, 2.45) is 0 Å². The summed E-state index contributed by atoms with van der Waals surface area (Å²) < 4.78 is 0. The lowest BCUT2D eigenvalue weighted by molar-refractivity contribution is 0.102. The molecule has 1 amide bonds. The minimum Gasteiger partial charge on any atom is -0.322 e. The summed E-state index contributed by atoms with van der Waals surface area (Å²) in [5, 5.41) is 3.41. The summed E-state index contributed by atoms with van der Waals surface area (Å²) in [6, 6.07) is 14.7. The van der Waals surface area contributed by atoms with Gasteiger partial charge in [-0.15, -0.1) is 0 Å². The summed E-state index contributed by atoms with van der Waals surface area (Å²) >= 11 is 6.37. The van der Waals surface area contributed by atoms with Crippen molar-refractivity contribution in [1.82, 2.24) is 15.0 Å². The standard InChI is InChI=1S/C21H15ClN4O/c1-13-8-14(11-23-10-13)21(27)25-15-6-7-17(22)16(9-15)20-12-24-18-4-2-3-5-19(18)26-20/h2-12H,1H3,(H,25,27). The zero-order valence-corrected chi connectivity index (χ0v) is 15.2. The Kier molecular flexibility index (Phi) is 4.52. The monoisotopic (exact) mass is 374 g/mol. The Morgan fingerprint density at radius 2 is 1.81 bits per heavy atom. The minimum atomic E-state index is -0.232. The van der Waals surface area contributed by atoms with E-state index in [0.717, 1.165) is 16.6 Å². The Hall–Kier alpha value is -3.31. The molecule has 2 heterocycles. The topological polar surface area (TPSA) is 67.8 Å². The van der Waals surface area contributed by atoms with Crippen LogP contribution in [0.15, 0.2) is 67.1 Å². The van der Waals surface area contributed by atoms with Crippen molar-refractivity contribution in [3.05, 3.63) is 83.3 Å². The molecule has 0 aliphatic carbocycles. The van der Waals surface area contributed by atoms with Crippen LogP contribution >= 0.6 is 11.6 Å². The van der Waals surface area contributed by atoms with Gasteiger partial charge in [-0.25, -0.2) is 4.98 Å². The summed E-state index contributed by atoms with van der Waals surface area (Å²) in [7, 11) is 0. The van der Waals surface area contributed by atoms with Crippen LogP contribution in [0.1, 0.15) is 15.9 Å². The first-order valence-corrected chi connectivity index (χ1v) is 8.73. The number of rotatable bonds is 3. The highest BCUT2D eigenvalue weighted by molar-refractivity contribution is 6.33. The maximum atomic E-state index is 12.5. The van der Waals surface area contributed by atoms with E-state index < -0.39 is 0 Å². The zero-order valence-electron chi connectivity index (χ0n) is 14.5. The highest BCUT2D eigenvalue weighted by atomic mass is 35.5. The Balaban J connectivity index is 1.67. The largest absolute Gasteiger partial charge is 0.322 e. The number of halogens is 1. The van der Waals surface area contributed by atoms with E-state index in [9.17, 15) is 4.79 Å². The molecule has 132 valence electrons. The Bertz CT molecular complexity index is 1160. The average molecular weight is 375 g/mol. The number of hydrogen-bond acceptors (Lipinski definition) is 4. The van der Waals surface area contributed by atoms with Crippen LogP contribution in [0.5, 0.6) is 0 Å². The third-order valence-corrected chi connectivity index (χ3v) is 4.42. The second kappa shape index (κ2) is 7.13. The van der Waals surface area contributed by atoms with Crippen molar-refractivity contribution in [3.8, 4) is 11.3 Å². The van der Waals surface area contributed by atoms with Crippen LogP contribution in [0, 0.1) is 6.92 Å². The van der Waals surface area contributed by atoms with E-state index in [1.165, 1.54) is 6.20 Å². The molecule has 6 heteroatoms. The van der Waals surface area contributed by atoms with Crippen LogP contribution in [0.3, 0.4) is 0 Å². The lowest BCUT2D eigenvalue weighted by Crippen LogP contribution is -2.12. The Morgan fingerprint density at radius 3 is 2.63 bits per heavy atom. The molecule has 0 saturated heterocycles. The number of pyridine rings is 1. The maximum Gasteiger partial charge on any atom is 0.257 e. The first-order valence-electron chi connectivity index (χ1n) is 8.35. The third-order valence-electron chi connectivity index (χ3n) is 4.09. The summed E-state index contributed by atoms with van der Waals surface area (Å²) in [6.45, 7) is 1.89. The number of aromatic nitrogens is 3. The number of amides is 1. The summed E-state index contributed by atoms with van der Waals surface area (Å²) in [6.07, 6.45) is 4.92. The molecule has 5 nitrogen and oxygen atoms in total. The van der Waals surface area contributed by atoms with Crippen LogP contribution in [0.2, 0.25) is 5.02 Å². The Labute approximate surface area is 161 Å². The molecule has 0 bridgehead atoms. The SMILES string of the molecule is Cc1cncc(C(=O)Nc2ccc(Cl)c(-c3cnc4ccccc4n3)c2)c1.